The highest BCUT2D eigenvalue weighted by atomic mass is 32.1. The molecule has 0 radical (unpaired) electrons. The van der Waals surface area contributed by atoms with Gasteiger partial charge in [-0.25, -0.2) is 0 Å². The van der Waals surface area contributed by atoms with E-state index >= 15 is 0 Å². The van der Waals surface area contributed by atoms with E-state index in [0.29, 0.717) is 12.1 Å². The van der Waals surface area contributed by atoms with Crippen molar-refractivity contribution in [3.8, 4) is 0 Å². The van der Waals surface area contributed by atoms with Gasteiger partial charge in [0.2, 0.25) is 0 Å². The summed E-state index contributed by atoms with van der Waals surface area (Å²) >= 11 is 1.59. The Morgan fingerprint density at radius 3 is 2.56 bits per heavy atom. The van der Waals surface area contributed by atoms with Crippen LogP contribution in [0.5, 0.6) is 0 Å². The number of aryl methyl sites for hydroxylation is 1. The minimum Gasteiger partial charge on any atom is -0.339 e. The number of hydrogen-bond donors (Lipinski definition) is 1. The average molecular weight is 385 g/mol. The number of amides is 2. The molecule has 1 N–H and O–H groups in total. The largest absolute Gasteiger partial charge is 0.339 e. The second-order valence-corrected chi connectivity index (χ2v) is 8.08. The lowest BCUT2D eigenvalue weighted by Gasteiger charge is -2.22. The van der Waals surface area contributed by atoms with Crippen molar-refractivity contribution >= 4 is 28.2 Å². The summed E-state index contributed by atoms with van der Waals surface area (Å²) in [5.74, 6) is -0.0893. The molecule has 0 aliphatic heterocycles. The predicted octanol–water partition coefficient (Wildman–Crippen LogP) is 5.14. The maximum Gasteiger partial charge on any atom is 0.257 e. The molecule has 0 saturated heterocycles. The highest BCUT2D eigenvalue weighted by Crippen LogP contribution is 2.39. The molecule has 0 fully saturated rings. The molecular formula is C22H28N2O2S. The monoisotopic (exact) mass is 384 g/mol. The molecule has 0 saturated carbocycles. The van der Waals surface area contributed by atoms with Crippen molar-refractivity contribution in [2.75, 3.05) is 18.4 Å². The van der Waals surface area contributed by atoms with Crippen LogP contribution in [0.15, 0.2) is 30.3 Å². The van der Waals surface area contributed by atoms with Crippen LogP contribution in [0.1, 0.15) is 70.7 Å². The summed E-state index contributed by atoms with van der Waals surface area (Å²) in [5, 5.41) is 3.75. The zero-order valence-corrected chi connectivity index (χ0v) is 17.0. The van der Waals surface area contributed by atoms with Gasteiger partial charge < -0.3 is 10.2 Å². The van der Waals surface area contributed by atoms with Gasteiger partial charge in [0.1, 0.15) is 5.00 Å². The van der Waals surface area contributed by atoms with E-state index in [4.69, 9.17) is 0 Å². The van der Waals surface area contributed by atoms with E-state index in [2.05, 4.69) is 12.2 Å². The van der Waals surface area contributed by atoms with Gasteiger partial charge in [-0.1, -0.05) is 31.5 Å². The van der Waals surface area contributed by atoms with E-state index < -0.39 is 0 Å². The summed E-state index contributed by atoms with van der Waals surface area (Å²) in [7, 11) is 0. The molecule has 1 aromatic carbocycles. The van der Waals surface area contributed by atoms with Crippen LogP contribution in [0.25, 0.3) is 0 Å². The lowest BCUT2D eigenvalue weighted by atomic mass is 9.95. The summed E-state index contributed by atoms with van der Waals surface area (Å²) in [6.07, 6.45) is 6.25. The Bertz CT molecular complexity index is 798. The maximum atomic E-state index is 13.3. The second kappa shape index (κ2) is 9.18. The SMILES string of the molecule is CCCCN(CC)C(=O)c1c(NC(=O)c2ccccc2)sc2c1CCCC2. The number of rotatable bonds is 7. The number of nitrogens with zero attached hydrogens (tertiary/aromatic N) is 1. The normalized spacial score (nSPS) is 13.1. The fourth-order valence-electron chi connectivity index (χ4n) is 3.56. The third-order valence-electron chi connectivity index (χ3n) is 5.10. The summed E-state index contributed by atoms with van der Waals surface area (Å²) in [6.45, 7) is 5.61. The lowest BCUT2D eigenvalue weighted by Crippen LogP contribution is -2.33. The number of carbonyl (C=O) groups excluding carboxylic acids is 2. The molecule has 0 atom stereocenters. The highest BCUT2D eigenvalue weighted by Gasteiger charge is 2.28. The standard InChI is InChI=1S/C22H28N2O2S/c1-3-5-15-24(4-2)22(26)19-17-13-9-10-14-18(17)27-21(19)23-20(25)16-11-7-6-8-12-16/h6-8,11-12H,3-5,9-10,13-15H2,1-2H3,(H,23,25). The van der Waals surface area contributed by atoms with E-state index in [0.717, 1.165) is 61.2 Å². The van der Waals surface area contributed by atoms with Crippen molar-refractivity contribution in [2.24, 2.45) is 0 Å². The minimum absolute atomic E-state index is 0.0636. The van der Waals surface area contributed by atoms with Gasteiger partial charge in [0.05, 0.1) is 5.56 Å². The van der Waals surface area contributed by atoms with Crippen LogP contribution < -0.4 is 5.32 Å². The molecule has 5 heteroatoms. The van der Waals surface area contributed by atoms with Gasteiger partial charge in [-0.05, 0) is 56.7 Å². The number of unbranched alkanes of at least 4 members (excludes halogenated alkanes) is 1. The van der Waals surface area contributed by atoms with E-state index in [1.165, 1.54) is 4.88 Å². The molecule has 0 spiro atoms. The lowest BCUT2D eigenvalue weighted by molar-refractivity contribution is 0.0762. The van der Waals surface area contributed by atoms with Crippen molar-refractivity contribution in [3.05, 3.63) is 51.9 Å². The highest BCUT2D eigenvalue weighted by molar-refractivity contribution is 7.17. The van der Waals surface area contributed by atoms with Crippen LogP contribution in [0.3, 0.4) is 0 Å². The van der Waals surface area contributed by atoms with Crippen LogP contribution in [-0.4, -0.2) is 29.8 Å². The van der Waals surface area contributed by atoms with Crippen LogP contribution >= 0.6 is 11.3 Å². The second-order valence-electron chi connectivity index (χ2n) is 6.97. The molecule has 2 amide bonds. The fraction of sp³-hybridized carbons (Fsp3) is 0.455. The fourth-order valence-corrected chi connectivity index (χ4v) is 4.83. The zero-order valence-electron chi connectivity index (χ0n) is 16.2. The Morgan fingerprint density at radius 2 is 1.85 bits per heavy atom. The molecule has 1 heterocycles. The van der Waals surface area contributed by atoms with Gasteiger partial charge in [-0.15, -0.1) is 11.3 Å². The first kappa shape index (κ1) is 19.6. The third-order valence-corrected chi connectivity index (χ3v) is 6.31. The van der Waals surface area contributed by atoms with Gasteiger partial charge >= 0.3 is 0 Å². The van der Waals surface area contributed by atoms with E-state index in [9.17, 15) is 9.59 Å². The minimum atomic E-state index is -0.153. The number of hydrogen-bond acceptors (Lipinski definition) is 3. The smallest absolute Gasteiger partial charge is 0.257 e. The van der Waals surface area contributed by atoms with Gasteiger partial charge in [0.15, 0.2) is 0 Å². The Hall–Kier alpha value is -2.14. The molecule has 3 rings (SSSR count). The quantitative estimate of drug-likeness (QED) is 0.718. The first-order valence-corrected chi connectivity index (χ1v) is 10.8. The van der Waals surface area contributed by atoms with Crippen molar-refractivity contribution in [3.63, 3.8) is 0 Å². The molecule has 1 aliphatic carbocycles. The maximum absolute atomic E-state index is 13.3. The molecule has 1 aromatic heterocycles. The third kappa shape index (κ3) is 4.41. The van der Waals surface area contributed by atoms with E-state index in [1.807, 2.05) is 30.0 Å². The summed E-state index contributed by atoms with van der Waals surface area (Å²) in [6, 6.07) is 9.18. The Labute approximate surface area is 165 Å². The molecular weight excluding hydrogens is 356 g/mol. The number of thiophene rings is 1. The predicted molar refractivity (Wildman–Crippen MR) is 112 cm³/mol. The Balaban J connectivity index is 1.92. The number of benzene rings is 1. The molecule has 4 nitrogen and oxygen atoms in total. The van der Waals surface area contributed by atoms with Crippen molar-refractivity contribution < 1.29 is 9.59 Å². The number of fused-ring (bicyclic) bond motifs is 1. The van der Waals surface area contributed by atoms with Crippen molar-refractivity contribution in [2.45, 2.75) is 52.4 Å². The van der Waals surface area contributed by atoms with Crippen LogP contribution in [0, 0.1) is 0 Å². The Morgan fingerprint density at radius 1 is 1.11 bits per heavy atom. The van der Waals surface area contributed by atoms with Crippen LogP contribution in [-0.2, 0) is 12.8 Å². The van der Waals surface area contributed by atoms with Gasteiger partial charge in [0, 0.05) is 23.5 Å². The first-order valence-electron chi connectivity index (χ1n) is 9.95. The van der Waals surface area contributed by atoms with Crippen LogP contribution in [0.2, 0.25) is 0 Å². The van der Waals surface area contributed by atoms with Gasteiger partial charge in [0.25, 0.3) is 11.8 Å². The molecule has 2 aromatic rings. The first-order chi connectivity index (χ1) is 13.2. The average Bonchev–Trinajstić information content (AvgIpc) is 3.06. The topological polar surface area (TPSA) is 49.4 Å². The molecule has 0 unspecified atom stereocenters. The van der Waals surface area contributed by atoms with Crippen molar-refractivity contribution in [1.29, 1.82) is 0 Å². The zero-order chi connectivity index (χ0) is 19.2. The van der Waals surface area contributed by atoms with E-state index in [-0.39, 0.29) is 11.8 Å². The number of carbonyl (C=O) groups is 2. The van der Waals surface area contributed by atoms with Crippen molar-refractivity contribution in [1.82, 2.24) is 4.90 Å². The molecule has 1 aliphatic rings. The van der Waals surface area contributed by atoms with Gasteiger partial charge in [-0.3, -0.25) is 9.59 Å². The van der Waals surface area contributed by atoms with Gasteiger partial charge in [-0.2, -0.15) is 0 Å². The summed E-state index contributed by atoms with van der Waals surface area (Å²) in [4.78, 5) is 29.2. The molecule has 27 heavy (non-hydrogen) atoms. The Kier molecular flexibility index (Phi) is 6.67. The summed E-state index contributed by atoms with van der Waals surface area (Å²) in [5.41, 5.74) is 2.51. The molecule has 144 valence electrons. The number of nitrogens with one attached hydrogen (secondary N) is 1. The molecule has 0 bridgehead atoms. The number of anilines is 1. The van der Waals surface area contributed by atoms with Crippen LogP contribution in [0.4, 0.5) is 5.00 Å². The van der Waals surface area contributed by atoms with E-state index in [1.54, 1.807) is 23.5 Å². The summed E-state index contributed by atoms with van der Waals surface area (Å²) < 4.78 is 0.